The summed E-state index contributed by atoms with van der Waals surface area (Å²) in [5, 5.41) is 19.2. The first kappa shape index (κ1) is 90.5. The first-order chi connectivity index (χ1) is 51.0. The van der Waals surface area contributed by atoms with Gasteiger partial charge in [0, 0.05) is 160 Å². The smallest absolute Gasteiger partial charge is 0.159 e. The Labute approximate surface area is 620 Å². The van der Waals surface area contributed by atoms with Crippen LogP contribution in [0.15, 0.2) is 246 Å². The molecule has 0 unspecified atom stereocenters. The minimum Gasteiger partial charge on any atom is -0.264 e. The molecule has 13 heterocycles. The summed E-state index contributed by atoms with van der Waals surface area (Å²) in [6.45, 7) is 48.4. The van der Waals surface area contributed by atoms with Crippen LogP contribution >= 0.6 is 0 Å². The molecule has 0 spiro atoms. The molecular formula is C88H112N16. The molecule has 0 N–H and O–H groups in total. The predicted molar refractivity (Wildman–Crippen MR) is 445 cm³/mol. The minimum absolute atomic E-state index is 0.826. The second-order valence-electron chi connectivity index (χ2n) is 20.3. The molecule has 16 rings (SSSR count). The molecule has 0 atom stereocenters. The van der Waals surface area contributed by atoms with Gasteiger partial charge in [-0.15, -0.1) is 0 Å². The van der Waals surface area contributed by atoms with Crippen LogP contribution in [0.5, 0.6) is 0 Å². The fraction of sp³-hybridized carbons (Fsp3) is 0.273. The summed E-state index contributed by atoms with van der Waals surface area (Å²) in [6.07, 6.45) is 39.4. The molecule has 0 aliphatic carbocycles. The van der Waals surface area contributed by atoms with Crippen molar-refractivity contribution in [2.45, 2.75) is 166 Å². The number of benzene rings is 3. The summed E-state index contributed by atoms with van der Waals surface area (Å²) < 4.78 is 0. The van der Waals surface area contributed by atoms with Crippen LogP contribution in [-0.2, 0) is 0 Å². The highest BCUT2D eigenvalue weighted by Gasteiger charge is 2.01. The third-order valence-electron chi connectivity index (χ3n) is 14.0. The number of aryl methyl sites for hydroxylation is 8. The number of aromatic nitrogens is 16. The summed E-state index contributed by atoms with van der Waals surface area (Å²) in [7, 11) is 0. The molecule has 0 fully saturated rings. The second-order valence-corrected chi connectivity index (χ2v) is 20.3. The van der Waals surface area contributed by atoms with E-state index in [1.165, 1.54) is 66.1 Å². The molecular weight excluding hydrogens is 1280 g/mol. The molecule has 544 valence electrons. The lowest BCUT2D eigenvalue weighted by Crippen LogP contribution is -1.83. The lowest BCUT2D eigenvalue weighted by molar-refractivity contribution is 1.05. The maximum Gasteiger partial charge on any atom is 0.159 e. The van der Waals surface area contributed by atoms with Gasteiger partial charge in [0.15, 0.2) is 5.65 Å². The number of nitrogens with zero attached hydrogens (tertiary/aromatic N) is 16. The lowest BCUT2D eigenvalue weighted by atomic mass is 10.1. The van der Waals surface area contributed by atoms with Crippen LogP contribution in [0.4, 0.5) is 0 Å². The van der Waals surface area contributed by atoms with Crippen LogP contribution in [0.25, 0.3) is 87.1 Å². The average Bonchev–Trinajstić information content (AvgIpc) is 0.963. The van der Waals surface area contributed by atoms with Gasteiger partial charge in [-0.05, 0) is 166 Å². The summed E-state index contributed by atoms with van der Waals surface area (Å²) in [5.41, 5.74) is 15.5. The van der Waals surface area contributed by atoms with E-state index in [2.05, 4.69) is 134 Å². The lowest BCUT2D eigenvalue weighted by Gasteiger charge is -1.97. The number of para-hydroxylation sites is 2. The SMILES string of the molecule is CC.CC.CC.CC.CC.CC.CC.CC.Cc1cccc2cncnc12.Cc1cccc2cnncc12.Cc1cccc2nccnc12.Cc1ccnc2ccncc12.Cc1ccnc2cnccc12.Cc1ccnc2ncccc12.Cc1cncc2ccncc12.Cc1cncc2cnccc12. The van der Waals surface area contributed by atoms with Crippen molar-refractivity contribution in [1.82, 2.24) is 80.0 Å². The van der Waals surface area contributed by atoms with Crippen molar-refractivity contribution in [2.75, 3.05) is 0 Å². The molecule has 104 heavy (non-hydrogen) atoms. The first-order valence-corrected chi connectivity index (χ1v) is 36.3. The van der Waals surface area contributed by atoms with Gasteiger partial charge in [0.25, 0.3) is 0 Å². The van der Waals surface area contributed by atoms with Gasteiger partial charge in [-0.2, -0.15) is 10.2 Å². The Bertz CT molecular complexity index is 3950. The highest BCUT2D eigenvalue weighted by Crippen LogP contribution is 2.19. The minimum atomic E-state index is 0.826. The van der Waals surface area contributed by atoms with E-state index in [4.69, 9.17) is 0 Å². The second kappa shape index (κ2) is 55.2. The van der Waals surface area contributed by atoms with Crippen molar-refractivity contribution in [3.05, 3.63) is 290 Å². The van der Waals surface area contributed by atoms with E-state index in [1.54, 1.807) is 80.7 Å². The largest absolute Gasteiger partial charge is 0.264 e. The topological polar surface area (TPSA) is 206 Å². The fourth-order valence-corrected chi connectivity index (χ4v) is 9.18. The molecule has 0 saturated carbocycles. The zero-order valence-corrected chi connectivity index (χ0v) is 66.2. The van der Waals surface area contributed by atoms with Crippen LogP contribution in [0.3, 0.4) is 0 Å². The average molecular weight is 1390 g/mol. The van der Waals surface area contributed by atoms with E-state index < -0.39 is 0 Å². The van der Waals surface area contributed by atoms with Gasteiger partial charge < -0.3 is 0 Å². The van der Waals surface area contributed by atoms with Crippen LogP contribution in [0.2, 0.25) is 0 Å². The molecule has 0 aliphatic rings. The van der Waals surface area contributed by atoms with Crippen molar-refractivity contribution < 1.29 is 0 Å². The van der Waals surface area contributed by atoms with Gasteiger partial charge in [-0.25, -0.2) is 19.9 Å². The summed E-state index contributed by atoms with van der Waals surface area (Å²) in [6, 6.07) is 36.0. The summed E-state index contributed by atoms with van der Waals surface area (Å²) in [5.74, 6) is 0. The van der Waals surface area contributed by atoms with Gasteiger partial charge >= 0.3 is 0 Å². The van der Waals surface area contributed by atoms with E-state index in [-0.39, 0.29) is 0 Å². The van der Waals surface area contributed by atoms with Crippen LogP contribution in [0.1, 0.15) is 155 Å². The quantitative estimate of drug-likeness (QED) is 0.138. The third-order valence-corrected chi connectivity index (χ3v) is 14.0. The summed E-state index contributed by atoms with van der Waals surface area (Å²) >= 11 is 0. The van der Waals surface area contributed by atoms with Crippen molar-refractivity contribution >= 4 is 87.1 Å². The molecule has 0 radical (unpaired) electrons. The van der Waals surface area contributed by atoms with Crippen LogP contribution in [0, 0.1) is 55.4 Å². The van der Waals surface area contributed by atoms with Crippen LogP contribution < -0.4 is 0 Å². The highest BCUT2D eigenvalue weighted by atomic mass is 15.1. The van der Waals surface area contributed by atoms with Gasteiger partial charge in [0.05, 0.1) is 46.2 Å². The Morgan fingerprint density at radius 1 is 0.192 bits per heavy atom. The maximum atomic E-state index is 4.22. The molecule has 0 aliphatic heterocycles. The molecule has 3 aromatic carbocycles. The standard InChI is InChI=1S/8C9H8N2.8C2H6/c1-7-2-5-11-9-3-4-10-6-8(7)9;1-7-2-5-11-9-6-10-4-3-8(7)9;1-7-4-11-6-8-5-10-3-2-9(7)8;1-7-4-11-5-8-2-3-10-6-9(7)8;1-7-4-6-11-9-8(7)3-2-5-10-9;1-7-3-2-4-8-5-10-6-11-9(7)8;1-7-3-2-4-8-5-10-11-6-9(7)8;1-7-3-2-4-8-9(7)11-6-5-10-8;8*1-2/h8*2-6H,1H3;8*1-2H3. The van der Waals surface area contributed by atoms with Gasteiger partial charge in [-0.1, -0.05) is 159 Å². The van der Waals surface area contributed by atoms with Crippen molar-refractivity contribution in [2.24, 2.45) is 0 Å². The Balaban J connectivity index is 0.000000578. The Morgan fingerprint density at radius 2 is 0.635 bits per heavy atom. The summed E-state index contributed by atoms with van der Waals surface area (Å²) in [4.78, 5) is 57.4. The normalized spacial score (nSPS) is 9.15. The monoisotopic (exact) mass is 1390 g/mol. The van der Waals surface area contributed by atoms with E-state index in [1.807, 2.05) is 277 Å². The van der Waals surface area contributed by atoms with Gasteiger partial charge in [-0.3, -0.25) is 49.8 Å². The third kappa shape index (κ3) is 29.6. The maximum absolute atomic E-state index is 4.22. The Hall–Kier alpha value is -11.5. The Kier molecular flexibility index (Phi) is 48.0. The molecule has 13 aromatic heterocycles. The van der Waals surface area contributed by atoms with Gasteiger partial charge in [0.1, 0.15) is 6.33 Å². The zero-order chi connectivity index (χ0) is 77.5. The van der Waals surface area contributed by atoms with E-state index >= 15 is 0 Å². The Morgan fingerprint density at radius 3 is 1.24 bits per heavy atom. The van der Waals surface area contributed by atoms with Crippen LogP contribution in [-0.4, -0.2) is 80.0 Å². The van der Waals surface area contributed by atoms with Crippen molar-refractivity contribution in [3.63, 3.8) is 0 Å². The molecule has 16 aromatic rings. The highest BCUT2D eigenvalue weighted by molar-refractivity contribution is 5.86. The molecule has 0 amide bonds. The number of hydrogen-bond acceptors (Lipinski definition) is 16. The van der Waals surface area contributed by atoms with Gasteiger partial charge in [0.2, 0.25) is 0 Å². The molecule has 0 saturated heterocycles. The van der Waals surface area contributed by atoms with E-state index in [0.717, 1.165) is 65.5 Å². The van der Waals surface area contributed by atoms with E-state index in [0.29, 0.717) is 0 Å². The molecule has 16 heteroatoms. The molecule has 0 bridgehead atoms. The number of fused-ring (bicyclic) bond motifs is 8. The fourth-order valence-electron chi connectivity index (χ4n) is 9.18. The number of hydrogen-bond donors (Lipinski definition) is 0. The number of rotatable bonds is 0. The number of pyridine rings is 10. The zero-order valence-electron chi connectivity index (χ0n) is 66.2. The van der Waals surface area contributed by atoms with Crippen molar-refractivity contribution in [3.8, 4) is 0 Å². The van der Waals surface area contributed by atoms with E-state index in [9.17, 15) is 0 Å². The predicted octanol–water partition coefficient (Wildman–Crippen LogP) is 23.7. The molecule has 16 nitrogen and oxygen atoms in total. The van der Waals surface area contributed by atoms with Crippen molar-refractivity contribution in [1.29, 1.82) is 0 Å². The first-order valence-electron chi connectivity index (χ1n) is 36.3.